The summed E-state index contributed by atoms with van der Waals surface area (Å²) in [6, 6.07) is 0. The van der Waals surface area contributed by atoms with Gasteiger partial charge < -0.3 is 9.90 Å². The topological polar surface area (TPSA) is 37.3 Å². The predicted molar refractivity (Wildman–Crippen MR) is 43.2 cm³/mol. The van der Waals surface area contributed by atoms with Crippen LogP contribution < -0.4 is 0 Å². The molecule has 1 aliphatic rings. The summed E-state index contributed by atoms with van der Waals surface area (Å²) in [6.07, 6.45) is 3.14. The summed E-state index contributed by atoms with van der Waals surface area (Å²) in [6.45, 7) is 4.30. The Balaban J connectivity index is 2.58. The fraction of sp³-hybridized carbons (Fsp3) is 0.889. The minimum atomic E-state index is -0.388. The van der Waals surface area contributed by atoms with Crippen LogP contribution in [0, 0.1) is 11.3 Å². The third-order valence-corrected chi connectivity index (χ3v) is 2.57. The van der Waals surface area contributed by atoms with Gasteiger partial charge in [-0.1, -0.05) is 13.8 Å². The molecule has 1 saturated carbocycles. The third-order valence-electron chi connectivity index (χ3n) is 2.57. The molecule has 0 heterocycles. The molecule has 1 fully saturated rings. The molecule has 0 unspecified atom stereocenters. The average molecular weight is 156 g/mol. The molecule has 0 bridgehead atoms. The molecular weight excluding hydrogens is 140 g/mol. The fourth-order valence-electron chi connectivity index (χ4n) is 1.77. The Kier molecular flexibility index (Phi) is 2.33. The zero-order valence-corrected chi connectivity index (χ0v) is 7.21. The molecule has 1 N–H and O–H groups in total. The summed E-state index contributed by atoms with van der Waals surface area (Å²) in [7, 11) is 0. The van der Waals surface area contributed by atoms with E-state index in [1.807, 2.05) is 0 Å². The van der Waals surface area contributed by atoms with Crippen molar-refractivity contribution >= 4 is 6.29 Å². The molecule has 0 aromatic heterocycles. The van der Waals surface area contributed by atoms with Gasteiger partial charge in [0.25, 0.3) is 0 Å². The Hall–Kier alpha value is -0.370. The van der Waals surface area contributed by atoms with Gasteiger partial charge in [0.05, 0.1) is 6.10 Å². The quantitative estimate of drug-likeness (QED) is 0.582. The minimum absolute atomic E-state index is 0.126. The molecule has 11 heavy (non-hydrogen) atoms. The lowest BCUT2D eigenvalue weighted by Crippen LogP contribution is -2.34. The van der Waals surface area contributed by atoms with Crippen molar-refractivity contribution < 1.29 is 9.90 Å². The number of aliphatic hydroxyl groups excluding tert-OH is 1. The number of hydrogen-bond acceptors (Lipinski definition) is 2. The Labute approximate surface area is 67.6 Å². The molecule has 1 aliphatic carbocycles. The van der Waals surface area contributed by atoms with Crippen molar-refractivity contribution in [1.82, 2.24) is 0 Å². The van der Waals surface area contributed by atoms with Gasteiger partial charge in [-0.05, 0) is 24.7 Å². The van der Waals surface area contributed by atoms with E-state index in [9.17, 15) is 9.90 Å². The summed E-state index contributed by atoms with van der Waals surface area (Å²) in [5.41, 5.74) is 0.241. The first-order valence-electron chi connectivity index (χ1n) is 4.18. The summed E-state index contributed by atoms with van der Waals surface area (Å²) in [4.78, 5) is 10.5. The second-order valence-electron chi connectivity index (χ2n) is 4.27. The van der Waals surface area contributed by atoms with E-state index in [0.29, 0.717) is 0 Å². The van der Waals surface area contributed by atoms with E-state index in [2.05, 4.69) is 13.8 Å². The lowest BCUT2D eigenvalue weighted by atomic mass is 9.71. The first-order valence-corrected chi connectivity index (χ1v) is 4.18. The highest BCUT2D eigenvalue weighted by Crippen LogP contribution is 2.37. The number of rotatable bonds is 1. The molecule has 0 saturated heterocycles. The molecule has 0 aromatic carbocycles. The highest BCUT2D eigenvalue weighted by atomic mass is 16.3. The van der Waals surface area contributed by atoms with E-state index < -0.39 is 0 Å². The van der Waals surface area contributed by atoms with Gasteiger partial charge in [-0.25, -0.2) is 0 Å². The van der Waals surface area contributed by atoms with Crippen LogP contribution in [-0.4, -0.2) is 17.5 Å². The lowest BCUT2D eigenvalue weighted by Gasteiger charge is -2.35. The van der Waals surface area contributed by atoms with E-state index in [1.165, 1.54) is 0 Å². The van der Waals surface area contributed by atoms with Crippen molar-refractivity contribution in [1.29, 1.82) is 0 Å². The Morgan fingerprint density at radius 1 is 1.55 bits per heavy atom. The molecule has 0 amide bonds. The van der Waals surface area contributed by atoms with Crippen molar-refractivity contribution in [3.05, 3.63) is 0 Å². The highest BCUT2D eigenvalue weighted by Gasteiger charge is 2.33. The van der Waals surface area contributed by atoms with Crippen LogP contribution in [0.1, 0.15) is 33.1 Å². The summed E-state index contributed by atoms with van der Waals surface area (Å²) >= 11 is 0. The number of carbonyl (C=O) groups excluding carboxylic acids is 1. The van der Waals surface area contributed by atoms with Crippen LogP contribution in [-0.2, 0) is 4.79 Å². The maximum atomic E-state index is 10.5. The number of carbonyl (C=O) groups is 1. The smallest absolute Gasteiger partial charge is 0.125 e. The van der Waals surface area contributed by atoms with E-state index in [1.54, 1.807) is 0 Å². The van der Waals surface area contributed by atoms with Crippen LogP contribution in [0.4, 0.5) is 0 Å². The largest absolute Gasteiger partial charge is 0.392 e. The van der Waals surface area contributed by atoms with Gasteiger partial charge in [0.1, 0.15) is 6.29 Å². The Morgan fingerprint density at radius 2 is 2.18 bits per heavy atom. The lowest BCUT2D eigenvalue weighted by molar-refractivity contribution is -0.117. The highest BCUT2D eigenvalue weighted by molar-refractivity contribution is 5.54. The normalized spacial score (nSPS) is 36.6. The molecule has 0 aliphatic heterocycles. The maximum absolute atomic E-state index is 10.5. The van der Waals surface area contributed by atoms with Crippen LogP contribution in [0.15, 0.2) is 0 Å². The zero-order valence-electron chi connectivity index (χ0n) is 7.21. The monoisotopic (exact) mass is 156 g/mol. The van der Waals surface area contributed by atoms with Crippen molar-refractivity contribution in [2.45, 2.75) is 39.2 Å². The van der Waals surface area contributed by atoms with Crippen LogP contribution in [0.2, 0.25) is 0 Å². The van der Waals surface area contributed by atoms with E-state index in [0.717, 1.165) is 25.5 Å². The average Bonchev–Trinajstić information content (AvgIpc) is 1.94. The first-order chi connectivity index (χ1) is 5.05. The Bertz CT molecular complexity index is 152. The minimum Gasteiger partial charge on any atom is -0.392 e. The first kappa shape index (κ1) is 8.72. The molecule has 2 nitrogen and oxygen atoms in total. The maximum Gasteiger partial charge on any atom is 0.125 e. The molecule has 64 valence electrons. The SMILES string of the molecule is CC1(C)CC[C@H](O)[C@@H](C=O)C1. The van der Waals surface area contributed by atoms with Gasteiger partial charge in [-0.15, -0.1) is 0 Å². The van der Waals surface area contributed by atoms with Crippen LogP contribution in [0.3, 0.4) is 0 Å². The van der Waals surface area contributed by atoms with E-state index >= 15 is 0 Å². The van der Waals surface area contributed by atoms with Gasteiger partial charge in [0.2, 0.25) is 0 Å². The molecule has 0 spiro atoms. The van der Waals surface area contributed by atoms with Crippen molar-refractivity contribution in [3.63, 3.8) is 0 Å². The van der Waals surface area contributed by atoms with E-state index in [-0.39, 0.29) is 17.4 Å². The fourth-order valence-corrected chi connectivity index (χ4v) is 1.77. The standard InChI is InChI=1S/C9H16O2/c1-9(2)4-3-8(11)7(5-9)6-10/h6-8,11H,3-5H2,1-2H3/t7-,8+/m1/s1. The molecule has 2 atom stereocenters. The van der Waals surface area contributed by atoms with Gasteiger partial charge in [-0.2, -0.15) is 0 Å². The number of aldehydes is 1. The second kappa shape index (κ2) is 2.94. The van der Waals surface area contributed by atoms with Crippen molar-refractivity contribution in [3.8, 4) is 0 Å². The predicted octanol–water partition coefficient (Wildman–Crippen LogP) is 1.37. The Morgan fingerprint density at radius 3 is 2.64 bits per heavy atom. The summed E-state index contributed by atoms with van der Waals surface area (Å²) in [5.74, 6) is -0.126. The van der Waals surface area contributed by atoms with Gasteiger partial charge in [0, 0.05) is 5.92 Å². The number of aliphatic hydroxyl groups is 1. The molecule has 2 heteroatoms. The number of hydrogen-bond donors (Lipinski definition) is 1. The zero-order chi connectivity index (χ0) is 8.48. The summed E-state index contributed by atoms with van der Waals surface area (Å²) < 4.78 is 0. The van der Waals surface area contributed by atoms with Crippen LogP contribution >= 0.6 is 0 Å². The van der Waals surface area contributed by atoms with Crippen molar-refractivity contribution in [2.24, 2.45) is 11.3 Å². The van der Waals surface area contributed by atoms with Crippen molar-refractivity contribution in [2.75, 3.05) is 0 Å². The van der Waals surface area contributed by atoms with Gasteiger partial charge >= 0.3 is 0 Å². The van der Waals surface area contributed by atoms with Gasteiger partial charge in [0.15, 0.2) is 0 Å². The summed E-state index contributed by atoms with van der Waals surface area (Å²) in [5, 5.41) is 9.37. The van der Waals surface area contributed by atoms with Gasteiger partial charge in [-0.3, -0.25) is 0 Å². The molecule has 0 aromatic rings. The van der Waals surface area contributed by atoms with E-state index in [4.69, 9.17) is 0 Å². The molecular formula is C9H16O2. The van der Waals surface area contributed by atoms with Crippen LogP contribution in [0.25, 0.3) is 0 Å². The molecule has 0 radical (unpaired) electrons. The third kappa shape index (κ3) is 2.03. The second-order valence-corrected chi connectivity index (χ2v) is 4.27. The molecule has 1 rings (SSSR count). The van der Waals surface area contributed by atoms with Crippen LogP contribution in [0.5, 0.6) is 0 Å².